The van der Waals surface area contributed by atoms with Gasteiger partial charge < -0.3 is 4.42 Å². The number of benzene rings is 4. The number of thioether (sulfide) groups is 1. The van der Waals surface area contributed by atoms with E-state index in [4.69, 9.17) is 4.42 Å². The van der Waals surface area contributed by atoms with Crippen LogP contribution < -0.4 is 4.72 Å². The lowest BCUT2D eigenvalue weighted by molar-refractivity contribution is 0.485. The molecule has 0 bridgehead atoms. The lowest BCUT2D eigenvalue weighted by Gasteiger charge is -2.21. The van der Waals surface area contributed by atoms with Crippen molar-refractivity contribution in [1.82, 2.24) is 9.71 Å². The average Bonchev–Trinajstić information content (AvgIpc) is 3.35. The third kappa shape index (κ3) is 3.21. The topological polar surface area (TPSA) is 72.2 Å². The Hall–Kier alpha value is -3.13. The summed E-state index contributed by atoms with van der Waals surface area (Å²) in [6.07, 6.45) is 0. The van der Waals surface area contributed by atoms with Gasteiger partial charge in [-0.25, -0.2) is 18.1 Å². The van der Waals surface area contributed by atoms with E-state index in [1.807, 2.05) is 42.5 Å². The molecule has 1 aliphatic carbocycles. The second-order valence-electron chi connectivity index (χ2n) is 7.69. The van der Waals surface area contributed by atoms with E-state index in [0.29, 0.717) is 10.8 Å². The zero-order valence-electron chi connectivity index (χ0n) is 16.8. The zero-order chi connectivity index (χ0) is 21.7. The van der Waals surface area contributed by atoms with Gasteiger partial charge in [-0.2, -0.15) is 0 Å². The predicted molar refractivity (Wildman–Crippen MR) is 126 cm³/mol. The van der Waals surface area contributed by atoms with E-state index in [0.717, 1.165) is 27.4 Å². The summed E-state index contributed by atoms with van der Waals surface area (Å²) in [5, 5.41) is 2.47. The van der Waals surface area contributed by atoms with Crippen LogP contribution in [0.2, 0.25) is 0 Å². The number of sulfonamides is 1. The Morgan fingerprint density at radius 3 is 2.31 bits per heavy atom. The average molecular weight is 459 g/mol. The number of nitrogens with one attached hydrogen (secondary N) is 1. The van der Waals surface area contributed by atoms with Gasteiger partial charge in [0.2, 0.25) is 10.0 Å². The Morgan fingerprint density at radius 1 is 0.812 bits per heavy atom. The van der Waals surface area contributed by atoms with Gasteiger partial charge in [-0.05, 0) is 46.2 Å². The minimum atomic E-state index is -3.72. The third-order valence-corrected chi connectivity index (χ3v) is 8.36. The highest BCUT2D eigenvalue weighted by atomic mass is 32.2. The highest BCUT2D eigenvalue weighted by molar-refractivity contribution is 7.99. The number of aromatic nitrogens is 1. The fraction of sp³-hybridized carbons (Fsp3) is 0.0800. The fourth-order valence-corrected chi connectivity index (χ4v) is 6.86. The molecule has 1 heterocycles. The molecule has 0 saturated carbocycles. The highest BCUT2D eigenvalue weighted by Crippen LogP contribution is 2.53. The molecule has 5 nitrogen and oxygen atoms in total. The molecule has 0 fully saturated rings. The maximum Gasteiger partial charge on any atom is 0.257 e. The Bertz CT molecular complexity index is 1520. The van der Waals surface area contributed by atoms with E-state index in [-0.39, 0.29) is 10.1 Å². The van der Waals surface area contributed by atoms with Crippen LogP contribution in [0.5, 0.6) is 0 Å². The van der Waals surface area contributed by atoms with Crippen LogP contribution in [0.15, 0.2) is 106 Å². The summed E-state index contributed by atoms with van der Waals surface area (Å²) in [5.41, 5.74) is 3.53. The van der Waals surface area contributed by atoms with Crippen molar-refractivity contribution in [2.75, 3.05) is 0 Å². The van der Waals surface area contributed by atoms with Crippen molar-refractivity contribution < 1.29 is 12.8 Å². The smallest absolute Gasteiger partial charge is 0.257 e. The van der Waals surface area contributed by atoms with Crippen molar-refractivity contribution in [3.8, 4) is 0 Å². The predicted octanol–water partition coefficient (Wildman–Crippen LogP) is 5.85. The van der Waals surface area contributed by atoms with Crippen LogP contribution in [0.25, 0.3) is 21.9 Å². The van der Waals surface area contributed by atoms with E-state index in [2.05, 4.69) is 27.9 Å². The molecule has 2 atom stereocenters. The molecule has 0 unspecified atom stereocenters. The first kappa shape index (κ1) is 19.5. The monoisotopic (exact) mass is 458 g/mol. The summed E-state index contributed by atoms with van der Waals surface area (Å²) in [6.45, 7) is 0. The van der Waals surface area contributed by atoms with Crippen LogP contribution in [-0.2, 0) is 10.0 Å². The minimum absolute atomic E-state index is 0.220. The van der Waals surface area contributed by atoms with E-state index in [9.17, 15) is 8.42 Å². The number of oxazole rings is 1. The summed E-state index contributed by atoms with van der Waals surface area (Å²) in [6, 6.07) is 27.8. The molecule has 6 rings (SSSR count). The van der Waals surface area contributed by atoms with Gasteiger partial charge in [-0.15, -0.1) is 0 Å². The summed E-state index contributed by atoms with van der Waals surface area (Å²) in [4.78, 5) is 4.86. The Morgan fingerprint density at radius 2 is 1.53 bits per heavy atom. The molecule has 158 valence electrons. The van der Waals surface area contributed by atoms with Crippen LogP contribution in [0.4, 0.5) is 0 Å². The standard InChI is InChI=1S/C25H18N2O3S2/c28-32(29,17-10-2-1-3-11-17)27-23-18-12-6-8-16-9-7-13-19(22(16)18)24(23)31-25-26-20-14-4-5-15-21(20)30-25/h1-15,23-24,27H/t23-,24+/m1/s1. The van der Waals surface area contributed by atoms with Gasteiger partial charge >= 0.3 is 0 Å². The van der Waals surface area contributed by atoms with Gasteiger partial charge in [0.05, 0.1) is 16.2 Å². The minimum Gasteiger partial charge on any atom is -0.431 e. The number of hydrogen-bond acceptors (Lipinski definition) is 5. The first-order valence-corrected chi connectivity index (χ1v) is 12.6. The second kappa shape index (κ2) is 7.48. The number of para-hydroxylation sites is 2. The number of nitrogens with zero attached hydrogens (tertiary/aromatic N) is 1. The van der Waals surface area contributed by atoms with E-state index in [1.54, 1.807) is 30.3 Å². The van der Waals surface area contributed by atoms with Crippen LogP contribution in [-0.4, -0.2) is 13.4 Å². The van der Waals surface area contributed by atoms with E-state index in [1.165, 1.54) is 11.8 Å². The summed E-state index contributed by atoms with van der Waals surface area (Å²) < 4.78 is 35.4. The fourth-order valence-electron chi connectivity index (χ4n) is 4.34. The summed E-state index contributed by atoms with van der Waals surface area (Å²) >= 11 is 1.45. The van der Waals surface area contributed by atoms with Crippen LogP contribution in [0.1, 0.15) is 22.4 Å². The Balaban J connectivity index is 1.45. The number of fused-ring (bicyclic) bond motifs is 1. The SMILES string of the molecule is O=S(=O)(N[C@@H]1c2cccc3cccc(c23)[C@@H]1Sc1nc2ccccc2o1)c1ccccc1. The largest absolute Gasteiger partial charge is 0.431 e. The van der Waals surface area contributed by atoms with E-state index < -0.39 is 16.1 Å². The molecule has 5 aromatic rings. The summed E-state index contributed by atoms with van der Waals surface area (Å²) in [7, 11) is -3.72. The molecule has 7 heteroatoms. The second-order valence-corrected chi connectivity index (χ2v) is 10.5. The highest BCUT2D eigenvalue weighted by Gasteiger charge is 2.38. The molecule has 0 aliphatic heterocycles. The third-order valence-electron chi connectivity index (χ3n) is 5.75. The quantitative estimate of drug-likeness (QED) is 0.358. The lowest BCUT2D eigenvalue weighted by atomic mass is 10.1. The first-order chi connectivity index (χ1) is 15.6. The Labute approximate surface area is 189 Å². The zero-order valence-corrected chi connectivity index (χ0v) is 18.4. The molecule has 32 heavy (non-hydrogen) atoms. The van der Waals surface area contributed by atoms with Crippen LogP contribution >= 0.6 is 11.8 Å². The van der Waals surface area contributed by atoms with Crippen molar-refractivity contribution in [3.63, 3.8) is 0 Å². The van der Waals surface area contributed by atoms with Gasteiger partial charge in [0.25, 0.3) is 5.22 Å². The van der Waals surface area contributed by atoms with Crippen LogP contribution in [0.3, 0.4) is 0 Å². The van der Waals surface area contributed by atoms with Gasteiger partial charge in [0.1, 0.15) is 5.52 Å². The molecule has 1 N–H and O–H groups in total. The normalized spacial score (nSPS) is 17.9. The van der Waals surface area contributed by atoms with Crippen LogP contribution in [0, 0.1) is 0 Å². The molecular formula is C25H18N2O3S2. The van der Waals surface area contributed by atoms with Gasteiger partial charge in [0.15, 0.2) is 5.58 Å². The van der Waals surface area contributed by atoms with Crippen molar-refractivity contribution >= 4 is 43.7 Å². The number of hydrogen-bond donors (Lipinski definition) is 1. The first-order valence-electron chi connectivity index (χ1n) is 10.2. The van der Waals surface area contributed by atoms with Crippen molar-refractivity contribution in [1.29, 1.82) is 0 Å². The van der Waals surface area contributed by atoms with Crippen molar-refractivity contribution in [3.05, 3.63) is 102 Å². The van der Waals surface area contributed by atoms with Gasteiger partial charge in [-0.3, -0.25) is 0 Å². The lowest BCUT2D eigenvalue weighted by Crippen LogP contribution is -2.29. The molecule has 0 saturated heterocycles. The van der Waals surface area contributed by atoms with Gasteiger partial charge in [-0.1, -0.05) is 78.5 Å². The summed E-state index contributed by atoms with van der Waals surface area (Å²) in [5.74, 6) is 0. The molecule has 0 amide bonds. The van der Waals surface area contributed by atoms with Gasteiger partial charge in [0, 0.05) is 0 Å². The molecule has 4 aromatic carbocycles. The maximum absolute atomic E-state index is 13.2. The molecule has 1 aliphatic rings. The molecular weight excluding hydrogens is 440 g/mol. The molecule has 1 aromatic heterocycles. The van der Waals surface area contributed by atoms with Crippen molar-refractivity contribution in [2.24, 2.45) is 0 Å². The van der Waals surface area contributed by atoms with E-state index >= 15 is 0 Å². The Kier molecular flexibility index (Phi) is 4.57. The molecule has 0 radical (unpaired) electrons. The molecule has 0 spiro atoms. The van der Waals surface area contributed by atoms with Crippen molar-refractivity contribution in [2.45, 2.75) is 21.4 Å². The maximum atomic E-state index is 13.2. The number of rotatable bonds is 5.